The average Bonchev–Trinajstić information content (AvgIpc) is 2.98. The van der Waals surface area contributed by atoms with E-state index in [2.05, 4.69) is 38.8 Å². The average molecular weight is 647 g/mol. The molecule has 0 aliphatic rings. The lowest BCUT2D eigenvalue weighted by Gasteiger charge is -2.13. The number of halogens is 2. The molecule has 0 saturated carbocycles. The Hall–Kier alpha value is -4.21. The number of thioether (sulfide) groups is 1. The fourth-order valence-electron chi connectivity index (χ4n) is 4.08. The standard InChI is InChI=1S/C33H29BrFN3O3S/c1-3-23-8-6-7-21(2)31(23)38-30(39)20-42-26-17-15-25(16-18-26)36-33(41)29(19-22-11-13-24(34)14-12-22)37-32(40)27-9-4-5-10-28(27)35/h4-19H,3,20H2,1-2H3,(H,36,41)(H,37,40)(H,38,39)/b29-19+. The van der Waals surface area contributed by atoms with Gasteiger partial charge in [0, 0.05) is 20.7 Å². The van der Waals surface area contributed by atoms with Gasteiger partial charge >= 0.3 is 0 Å². The van der Waals surface area contributed by atoms with E-state index in [0.29, 0.717) is 11.3 Å². The minimum atomic E-state index is -0.742. The molecule has 0 heterocycles. The lowest BCUT2D eigenvalue weighted by Crippen LogP contribution is -2.31. The van der Waals surface area contributed by atoms with Crippen LogP contribution >= 0.6 is 27.7 Å². The van der Waals surface area contributed by atoms with Crippen molar-refractivity contribution < 1.29 is 18.8 Å². The molecule has 0 fully saturated rings. The number of carbonyl (C=O) groups excluding carboxylic acids is 3. The van der Waals surface area contributed by atoms with Crippen LogP contribution in [-0.2, 0) is 16.0 Å². The first-order valence-electron chi connectivity index (χ1n) is 13.2. The highest BCUT2D eigenvalue weighted by atomic mass is 79.9. The van der Waals surface area contributed by atoms with Crippen LogP contribution in [-0.4, -0.2) is 23.5 Å². The van der Waals surface area contributed by atoms with Gasteiger partial charge < -0.3 is 16.0 Å². The molecular weight excluding hydrogens is 617 g/mol. The van der Waals surface area contributed by atoms with Gasteiger partial charge in [0.1, 0.15) is 11.5 Å². The molecule has 0 atom stereocenters. The molecule has 0 aliphatic carbocycles. The molecule has 4 aromatic carbocycles. The summed E-state index contributed by atoms with van der Waals surface area (Å²) in [5, 5.41) is 8.34. The van der Waals surface area contributed by atoms with Gasteiger partial charge in [-0.25, -0.2) is 4.39 Å². The Kier molecular flexibility index (Phi) is 10.7. The molecule has 42 heavy (non-hydrogen) atoms. The van der Waals surface area contributed by atoms with Gasteiger partial charge in [-0.3, -0.25) is 14.4 Å². The second-order valence-corrected chi connectivity index (χ2v) is 11.3. The van der Waals surface area contributed by atoms with Crippen LogP contribution in [0.2, 0.25) is 0 Å². The third-order valence-corrected chi connectivity index (χ3v) is 7.82. The van der Waals surface area contributed by atoms with E-state index in [9.17, 15) is 18.8 Å². The first kappa shape index (κ1) is 30.7. The highest BCUT2D eigenvalue weighted by molar-refractivity contribution is 9.10. The summed E-state index contributed by atoms with van der Waals surface area (Å²) in [5.41, 5.74) is 3.90. The van der Waals surface area contributed by atoms with Crippen LogP contribution in [0.4, 0.5) is 15.8 Å². The summed E-state index contributed by atoms with van der Waals surface area (Å²) in [6.07, 6.45) is 2.34. The van der Waals surface area contributed by atoms with Gasteiger partial charge in [-0.05, 0) is 84.6 Å². The van der Waals surface area contributed by atoms with E-state index >= 15 is 0 Å². The van der Waals surface area contributed by atoms with E-state index in [0.717, 1.165) is 32.6 Å². The summed E-state index contributed by atoms with van der Waals surface area (Å²) >= 11 is 4.76. The summed E-state index contributed by atoms with van der Waals surface area (Å²) in [6.45, 7) is 4.02. The predicted octanol–water partition coefficient (Wildman–Crippen LogP) is 7.60. The Balaban J connectivity index is 1.42. The number of hydrogen-bond acceptors (Lipinski definition) is 4. The number of nitrogens with one attached hydrogen (secondary N) is 3. The number of anilines is 2. The molecule has 0 bridgehead atoms. The molecule has 0 radical (unpaired) electrons. The van der Waals surface area contributed by atoms with Gasteiger partial charge in [-0.15, -0.1) is 11.8 Å². The number of para-hydroxylation sites is 1. The summed E-state index contributed by atoms with van der Waals surface area (Å²) in [7, 11) is 0. The molecule has 3 N–H and O–H groups in total. The van der Waals surface area contributed by atoms with E-state index in [1.165, 1.54) is 36.0 Å². The van der Waals surface area contributed by atoms with Crippen molar-refractivity contribution in [2.45, 2.75) is 25.2 Å². The van der Waals surface area contributed by atoms with Crippen LogP contribution in [0, 0.1) is 12.7 Å². The molecule has 9 heteroatoms. The van der Waals surface area contributed by atoms with Gasteiger partial charge in [0.2, 0.25) is 5.91 Å². The zero-order chi connectivity index (χ0) is 30.1. The molecular formula is C33H29BrFN3O3S. The number of aryl methyl sites for hydroxylation is 2. The maximum Gasteiger partial charge on any atom is 0.272 e. The minimum absolute atomic E-state index is 0.0525. The van der Waals surface area contributed by atoms with Gasteiger partial charge in [0.25, 0.3) is 11.8 Å². The molecule has 0 unspecified atom stereocenters. The Bertz CT molecular complexity index is 1620. The minimum Gasteiger partial charge on any atom is -0.325 e. The SMILES string of the molecule is CCc1cccc(C)c1NC(=O)CSc1ccc(NC(=O)/C(=C\c2ccc(Br)cc2)NC(=O)c2ccccc2F)cc1. The molecule has 0 spiro atoms. The van der Waals surface area contributed by atoms with Gasteiger partial charge in [0.15, 0.2) is 0 Å². The Labute approximate surface area is 256 Å². The number of amides is 3. The van der Waals surface area contributed by atoms with Crippen molar-refractivity contribution in [1.29, 1.82) is 0 Å². The molecule has 0 saturated heterocycles. The van der Waals surface area contributed by atoms with Crippen LogP contribution in [0.3, 0.4) is 0 Å². The van der Waals surface area contributed by atoms with Crippen LogP contribution in [0.5, 0.6) is 0 Å². The lowest BCUT2D eigenvalue weighted by molar-refractivity contribution is -0.114. The maximum atomic E-state index is 14.2. The summed E-state index contributed by atoms with van der Waals surface area (Å²) in [6, 6.07) is 25.7. The van der Waals surface area contributed by atoms with Crippen molar-refractivity contribution in [3.8, 4) is 0 Å². The van der Waals surface area contributed by atoms with Crippen LogP contribution in [0.1, 0.15) is 34.0 Å². The van der Waals surface area contributed by atoms with E-state index in [4.69, 9.17) is 0 Å². The highest BCUT2D eigenvalue weighted by Gasteiger charge is 2.18. The Morgan fingerprint density at radius 1 is 0.881 bits per heavy atom. The summed E-state index contributed by atoms with van der Waals surface area (Å²) < 4.78 is 15.1. The number of benzene rings is 4. The highest BCUT2D eigenvalue weighted by Crippen LogP contribution is 2.24. The van der Waals surface area contributed by atoms with Crippen LogP contribution in [0.25, 0.3) is 6.08 Å². The summed E-state index contributed by atoms with van der Waals surface area (Å²) in [5.74, 6) is -1.88. The third-order valence-electron chi connectivity index (χ3n) is 6.28. The molecule has 4 aromatic rings. The first-order chi connectivity index (χ1) is 20.2. The largest absolute Gasteiger partial charge is 0.325 e. The lowest BCUT2D eigenvalue weighted by atomic mass is 10.1. The quantitative estimate of drug-likeness (QED) is 0.122. The molecule has 6 nitrogen and oxygen atoms in total. The molecule has 0 aliphatic heterocycles. The molecule has 214 valence electrons. The topological polar surface area (TPSA) is 87.3 Å². The molecule has 3 amide bonds. The number of rotatable bonds is 10. The monoisotopic (exact) mass is 645 g/mol. The van der Waals surface area contributed by atoms with Crippen molar-refractivity contribution in [1.82, 2.24) is 5.32 Å². The maximum absolute atomic E-state index is 14.2. The van der Waals surface area contributed by atoms with Crippen molar-refractivity contribution in [2.75, 3.05) is 16.4 Å². The second kappa shape index (κ2) is 14.6. The fraction of sp³-hybridized carbons (Fsp3) is 0.121. The van der Waals surface area contributed by atoms with Crippen molar-refractivity contribution in [2.24, 2.45) is 0 Å². The number of carbonyl (C=O) groups is 3. The smallest absolute Gasteiger partial charge is 0.272 e. The Morgan fingerprint density at radius 3 is 2.29 bits per heavy atom. The normalized spacial score (nSPS) is 11.1. The van der Waals surface area contributed by atoms with Crippen LogP contribution in [0.15, 0.2) is 106 Å². The summed E-state index contributed by atoms with van der Waals surface area (Å²) in [4.78, 5) is 39.5. The van der Waals surface area contributed by atoms with Crippen molar-refractivity contribution in [3.05, 3.63) is 129 Å². The van der Waals surface area contributed by atoms with Crippen molar-refractivity contribution in [3.63, 3.8) is 0 Å². The predicted molar refractivity (Wildman–Crippen MR) is 171 cm³/mol. The second-order valence-electron chi connectivity index (χ2n) is 9.32. The molecule has 0 aromatic heterocycles. The first-order valence-corrected chi connectivity index (χ1v) is 15.0. The van der Waals surface area contributed by atoms with E-state index in [-0.39, 0.29) is 22.9 Å². The number of hydrogen-bond donors (Lipinski definition) is 3. The van der Waals surface area contributed by atoms with Crippen molar-refractivity contribution >= 4 is 62.9 Å². The van der Waals surface area contributed by atoms with E-state index < -0.39 is 17.6 Å². The fourth-order valence-corrected chi connectivity index (χ4v) is 5.04. The zero-order valence-corrected chi connectivity index (χ0v) is 25.4. The van der Waals surface area contributed by atoms with Gasteiger partial charge in [-0.1, -0.05) is 65.3 Å². The van der Waals surface area contributed by atoms with Crippen LogP contribution < -0.4 is 16.0 Å². The zero-order valence-electron chi connectivity index (χ0n) is 23.0. The van der Waals surface area contributed by atoms with E-state index in [1.807, 2.05) is 25.1 Å². The van der Waals surface area contributed by atoms with E-state index in [1.54, 1.807) is 54.6 Å². The van der Waals surface area contributed by atoms with Gasteiger partial charge in [-0.2, -0.15) is 0 Å². The molecule has 4 rings (SSSR count). The van der Waals surface area contributed by atoms with Gasteiger partial charge in [0.05, 0.1) is 11.3 Å². The Morgan fingerprint density at radius 2 is 1.60 bits per heavy atom. The third kappa shape index (κ3) is 8.41.